The Hall–Kier alpha value is -4.44. The third-order valence-electron chi connectivity index (χ3n) is 7.18. The predicted octanol–water partition coefficient (Wildman–Crippen LogP) is 8.63. The Kier molecular flexibility index (Phi) is 8.16. The number of phenols is 2. The van der Waals surface area contributed by atoms with Crippen LogP contribution >= 0.6 is 0 Å². The van der Waals surface area contributed by atoms with Gasteiger partial charge in [-0.1, -0.05) is 48.6 Å². The van der Waals surface area contributed by atoms with Crippen molar-refractivity contribution < 1.29 is 40.1 Å². The zero-order valence-corrected chi connectivity index (χ0v) is 25.9. The van der Waals surface area contributed by atoms with E-state index in [4.69, 9.17) is 19.5 Å². The molecule has 7 heteroatoms. The van der Waals surface area contributed by atoms with Crippen molar-refractivity contribution in [3.8, 4) is 34.1 Å². The largest absolute Gasteiger partial charge is 0.507 e. The molecule has 0 amide bonds. The molecule has 4 aromatic rings. The van der Waals surface area contributed by atoms with Gasteiger partial charge >= 0.3 is 0 Å². The van der Waals surface area contributed by atoms with Crippen LogP contribution in [0.5, 0.6) is 23.0 Å². The van der Waals surface area contributed by atoms with Crippen molar-refractivity contribution in [1.29, 1.82) is 0 Å². The average molecular weight is 663 g/mol. The zero-order chi connectivity index (χ0) is 29.5. The molecule has 0 fully saturated rings. The van der Waals surface area contributed by atoms with Crippen molar-refractivity contribution in [2.45, 2.75) is 38.9 Å². The van der Waals surface area contributed by atoms with Gasteiger partial charge in [0.2, 0.25) is 0 Å². The second-order valence-electron chi connectivity index (χ2n) is 11.5. The van der Waals surface area contributed by atoms with E-state index in [1.807, 2.05) is 113 Å². The zero-order valence-electron chi connectivity index (χ0n) is 24.3. The average Bonchev–Trinajstić information content (AvgIpc) is 2.95. The van der Waals surface area contributed by atoms with Crippen LogP contribution in [-0.2, 0) is 20.4 Å². The first-order valence-electron chi connectivity index (χ1n) is 13.8. The number of phenolic OH excluding ortho intramolecular Hbond substituents is 2. The Morgan fingerprint density at radius 3 is 1.42 bits per heavy atom. The summed E-state index contributed by atoms with van der Waals surface area (Å²) in [6.45, 7) is 7.89. The van der Waals surface area contributed by atoms with Crippen molar-refractivity contribution in [2.75, 3.05) is 0 Å². The van der Waals surface area contributed by atoms with Crippen LogP contribution in [0.15, 0.2) is 94.9 Å². The summed E-state index contributed by atoms with van der Waals surface area (Å²) >= 11 is 0. The van der Waals surface area contributed by atoms with Crippen LogP contribution in [0, 0.1) is 0 Å². The van der Waals surface area contributed by atoms with Crippen LogP contribution < -0.4 is 9.47 Å². The molecule has 0 radical (unpaired) electrons. The second kappa shape index (κ2) is 11.7. The van der Waals surface area contributed by atoms with Gasteiger partial charge in [0.1, 0.15) is 34.2 Å². The predicted molar refractivity (Wildman–Crippen MR) is 170 cm³/mol. The maximum atomic E-state index is 10.7. The summed E-state index contributed by atoms with van der Waals surface area (Å²) in [6.07, 6.45) is 11.3. The van der Waals surface area contributed by atoms with Crippen LogP contribution in [0.1, 0.15) is 49.9 Å². The molecule has 2 N–H and O–H groups in total. The standard InChI is InChI=1S/C36H32N2O4.Pd/c1-35(2)15-13-23-17-25(31(39)19-33(23)41-35)21-37-29-11-7-5-9-27(29)28-10-6-8-12-30(28)38-22-26-18-24-14-16-36(3,4)42-34(24)20-32(26)40;/h5-22,39-40H,1-4H3;. The molecular weight excluding hydrogens is 631 g/mol. The summed E-state index contributed by atoms with van der Waals surface area (Å²) in [7, 11) is 0. The first-order chi connectivity index (χ1) is 20.1. The Morgan fingerprint density at radius 2 is 1.00 bits per heavy atom. The van der Waals surface area contributed by atoms with Gasteiger partial charge in [-0.15, -0.1) is 0 Å². The number of para-hydroxylation sites is 2. The van der Waals surface area contributed by atoms with E-state index in [0.29, 0.717) is 22.6 Å². The summed E-state index contributed by atoms with van der Waals surface area (Å²) in [6, 6.07) is 22.6. The molecule has 43 heavy (non-hydrogen) atoms. The van der Waals surface area contributed by atoms with Crippen molar-refractivity contribution in [1.82, 2.24) is 0 Å². The van der Waals surface area contributed by atoms with Crippen LogP contribution in [0.25, 0.3) is 23.3 Å². The number of hydrogen-bond acceptors (Lipinski definition) is 6. The number of hydrogen-bond donors (Lipinski definition) is 2. The molecule has 4 aromatic carbocycles. The minimum atomic E-state index is -0.425. The maximum absolute atomic E-state index is 10.7. The Labute approximate surface area is 265 Å². The molecule has 220 valence electrons. The third kappa shape index (κ3) is 6.49. The Morgan fingerprint density at radius 1 is 0.605 bits per heavy atom. The molecule has 6 rings (SSSR count). The fourth-order valence-electron chi connectivity index (χ4n) is 4.97. The molecule has 6 nitrogen and oxygen atoms in total. The summed E-state index contributed by atoms with van der Waals surface area (Å²) in [4.78, 5) is 9.52. The molecule has 0 saturated heterocycles. The van der Waals surface area contributed by atoms with Crippen molar-refractivity contribution in [2.24, 2.45) is 9.98 Å². The van der Waals surface area contributed by atoms with Crippen LogP contribution in [0.4, 0.5) is 11.4 Å². The van der Waals surface area contributed by atoms with Crippen LogP contribution in [0.3, 0.4) is 0 Å². The molecular formula is C36H32N2O4Pd. The molecule has 0 saturated carbocycles. The van der Waals surface area contributed by atoms with Crippen LogP contribution in [-0.4, -0.2) is 33.8 Å². The molecule has 0 unspecified atom stereocenters. The number of ether oxygens (including phenoxy) is 2. The third-order valence-corrected chi connectivity index (χ3v) is 7.18. The van der Waals surface area contributed by atoms with Crippen LogP contribution in [0.2, 0.25) is 0 Å². The summed E-state index contributed by atoms with van der Waals surface area (Å²) in [5.41, 5.74) is 5.33. The van der Waals surface area contributed by atoms with E-state index in [0.717, 1.165) is 33.6 Å². The molecule has 2 aliphatic heterocycles. The Balaban J connectivity index is 0.00000368. The number of aliphatic imine (C=N–C) groups is 2. The molecule has 0 aliphatic carbocycles. The van der Waals surface area contributed by atoms with Gasteiger partial charge in [0.15, 0.2) is 0 Å². The van der Waals surface area contributed by atoms with E-state index in [2.05, 4.69) is 0 Å². The van der Waals surface area contributed by atoms with E-state index < -0.39 is 11.2 Å². The van der Waals surface area contributed by atoms with E-state index >= 15 is 0 Å². The van der Waals surface area contributed by atoms with E-state index in [1.54, 1.807) is 24.6 Å². The van der Waals surface area contributed by atoms with E-state index in [1.165, 1.54) is 0 Å². The van der Waals surface area contributed by atoms with Gasteiger partial charge in [-0.05, 0) is 64.1 Å². The van der Waals surface area contributed by atoms with Crippen molar-refractivity contribution >= 4 is 36.0 Å². The minimum absolute atomic E-state index is 0. The normalized spacial score (nSPS) is 15.8. The van der Waals surface area contributed by atoms with Gasteiger partial charge in [-0.2, -0.15) is 0 Å². The molecule has 2 heterocycles. The number of rotatable bonds is 5. The fourth-order valence-corrected chi connectivity index (χ4v) is 4.97. The van der Waals surface area contributed by atoms with E-state index in [9.17, 15) is 10.2 Å². The number of aromatic hydroxyl groups is 2. The van der Waals surface area contributed by atoms with Gasteiger partial charge in [-0.25, -0.2) is 0 Å². The number of nitrogens with zero attached hydrogens (tertiary/aromatic N) is 2. The summed E-state index contributed by atoms with van der Waals surface area (Å²) < 4.78 is 12.0. The van der Waals surface area contributed by atoms with Gasteiger partial charge in [0.25, 0.3) is 0 Å². The minimum Gasteiger partial charge on any atom is -0.507 e. The van der Waals surface area contributed by atoms with Crippen molar-refractivity contribution in [3.05, 3.63) is 107 Å². The molecule has 0 atom stereocenters. The van der Waals surface area contributed by atoms with Crippen molar-refractivity contribution in [3.63, 3.8) is 0 Å². The second-order valence-corrected chi connectivity index (χ2v) is 11.5. The van der Waals surface area contributed by atoms with E-state index in [-0.39, 0.29) is 31.9 Å². The smallest absolute Gasteiger partial charge is 0.131 e. The van der Waals surface area contributed by atoms with Gasteiger partial charge < -0.3 is 19.7 Å². The first-order valence-corrected chi connectivity index (χ1v) is 13.8. The first kappa shape index (κ1) is 30.0. The van der Waals surface area contributed by atoms with Gasteiger partial charge in [0.05, 0.1) is 11.4 Å². The fraction of sp³-hybridized carbons (Fsp3) is 0.167. The monoisotopic (exact) mass is 662 g/mol. The maximum Gasteiger partial charge on any atom is 0.131 e. The SMILES string of the molecule is CC1(C)C=Cc2cc(C=Nc3ccccc3-c3ccccc3N=Cc3cc4c(cc3O)OC(C)(C)C=C4)c(O)cc2O1.[Pd]. The Bertz CT molecular complexity index is 1690. The molecule has 2 aliphatic rings. The topological polar surface area (TPSA) is 83.6 Å². The molecule has 0 spiro atoms. The van der Waals surface area contributed by atoms with Gasteiger partial charge in [0, 0.05) is 78.4 Å². The summed E-state index contributed by atoms with van der Waals surface area (Å²) in [5.74, 6) is 1.47. The van der Waals surface area contributed by atoms with Gasteiger partial charge in [-0.3, -0.25) is 9.98 Å². The number of benzene rings is 4. The summed E-state index contributed by atoms with van der Waals surface area (Å²) in [5, 5.41) is 21.4. The quantitative estimate of drug-likeness (QED) is 0.166. The number of fused-ring (bicyclic) bond motifs is 2. The molecule has 0 aromatic heterocycles. The molecule has 0 bridgehead atoms.